The molecule has 19 heavy (non-hydrogen) atoms. The number of guanidine groups is 1. The monoisotopic (exact) mass is 281 g/mol. The van der Waals surface area contributed by atoms with Gasteiger partial charge in [-0.3, -0.25) is 4.99 Å². The molecule has 0 unspecified atom stereocenters. The van der Waals surface area contributed by atoms with Crippen molar-refractivity contribution in [3.8, 4) is 12.3 Å². The van der Waals surface area contributed by atoms with Crippen LogP contribution in [0.4, 0.5) is 4.39 Å². The molecule has 0 heterocycles. The maximum Gasteiger partial charge on any atom is 0.192 e. The maximum atomic E-state index is 12.9. The molecule has 0 bridgehead atoms. The van der Waals surface area contributed by atoms with Gasteiger partial charge >= 0.3 is 0 Å². The first-order valence-electron chi connectivity index (χ1n) is 6.07. The summed E-state index contributed by atoms with van der Waals surface area (Å²) in [5.41, 5.74) is 0.875. The number of nitrogens with one attached hydrogen (secondary N) is 2. The van der Waals surface area contributed by atoms with Gasteiger partial charge in [0.1, 0.15) is 5.82 Å². The molecule has 102 valence electrons. The molecule has 0 amide bonds. The van der Waals surface area contributed by atoms with E-state index in [-0.39, 0.29) is 5.82 Å². The van der Waals surface area contributed by atoms with Crippen LogP contribution in [0.1, 0.15) is 12.5 Å². The summed E-state index contributed by atoms with van der Waals surface area (Å²) in [7, 11) is 0. The fourth-order valence-corrected chi connectivity index (χ4v) is 1.75. The van der Waals surface area contributed by atoms with E-state index in [9.17, 15) is 4.39 Å². The average molecular weight is 282 g/mol. The Morgan fingerprint density at radius 3 is 2.89 bits per heavy atom. The highest BCUT2D eigenvalue weighted by Gasteiger charge is 2.02. The van der Waals surface area contributed by atoms with Crippen LogP contribution < -0.4 is 10.6 Å². The normalized spacial score (nSPS) is 10.9. The number of halogens is 2. The fourth-order valence-electron chi connectivity index (χ4n) is 1.49. The van der Waals surface area contributed by atoms with Gasteiger partial charge in [-0.15, -0.1) is 6.42 Å². The van der Waals surface area contributed by atoms with Crippen molar-refractivity contribution < 1.29 is 4.39 Å². The number of terminal acetylenes is 1. The molecule has 0 saturated heterocycles. The minimum Gasteiger partial charge on any atom is -0.357 e. The van der Waals surface area contributed by atoms with Crippen LogP contribution in [0.3, 0.4) is 0 Å². The van der Waals surface area contributed by atoms with E-state index in [0.29, 0.717) is 30.5 Å². The van der Waals surface area contributed by atoms with E-state index in [4.69, 9.17) is 18.0 Å². The SMILES string of the molecule is C#CCNC(=NCCc1ccc(F)cc1Cl)NCC. The Labute approximate surface area is 118 Å². The van der Waals surface area contributed by atoms with Crippen LogP contribution in [0.25, 0.3) is 0 Å². The molecule has 1 aromatic rings. The van der Waals surface area contributed by atoms with Crippen LogP contribution in [0.2, 0.25) is 5.02 Å². The van der Waals surface area contributed by atoms with E-state index in [1.165, 1.54) is 12.1 Å². The first-order valence-corrected chi connectivity index (χ1v) is 6.44. The molecular weight excluding hydrogens is 265 g/mol. The van der Waals surface area contributed by atoms with Crippen molar-refractivity contribution in [2.45, 2.75) is 13.3 Å². The van der Waals surface area contributed by atoms with Gasteiger partial charge in [-0.1, -0.05) is 23.6 Å². The van der Waals surface area contributed by atoms with Crippen molar-refractivity contribution in [3.63, 3.8) is 0 Å². The van der Waals surface area contributed by atoms with Crippen molar-refractivity contribution >= 4 is 17.6 Å². The van der Waals surface area contributed by atoms with Gasteiger partial charge in [0.2, 0.25) is 0 Å². The molecule has 0 saturated carbocycles. The topological polar surface area (TPSA) is 36.4 Å². The van der Waals surface area contributed by atoms with Gasteiger partial charge < -0.3 is 10.6 Å². The Morgan fingerprint density at radius 2 is 2.26 bits per heavy atom. The van der Waals surface area contributed by atoms with E-state index in [0.717, 1.165) is 12.1 Å². The van der Waals surface area contributed by atoms with Crippen LogP contribution in [0, 0.1) is 18.2 Å². The third-order valence-electron chi connectivity index (χ3n) is 2.37. The highest BCUT2D eigenvalue weighted by Crippen LogP contribution is 2.17. The Morgan fingerprint density at radius 1 is 1.47 bits per heavy atom. The van der Waals surface area contributed by atoms with Crippen molar-refractivity contribution in [1.29, 1.82) is 0 Å². The van der Waals surface area contributed by atoms with Gasteiger partial charge in [0.15, 0.2) is 5.96 Å². The lowest BCUT2D eigenvalue weighted by Crippen LogP contribution is -2.37. The number of benzene rings is 1. The molecule has 0 spiro atoms. The minimum absolute atomic E-state index is 0.332. The number of rotatable bonds is 5. The minimum atomic E-state index is -0.332. The summed E-state index contributed by atoms with van der Waals surface area (Å²) in [5.74, 6) is 2.82. The van der Waals surface area contributed by atoms with Crippen LogP contribution in [-0.2, 0) is 6.42 Å². The quantitative estimate of drug-likeness (QED) is 0.493. The lowest BCUT2D eigenvalue weighted by molar-refractivity contribution is 0.627. The molecule has 3 nitrogen and oxygen atoms in total. The van der Waals surface area contributed by atoms with Crippen LogP contribution in [-0.4, -0.2) is 25.6 Å². The predicted molar refractivity (Wildman–Crippen MR) is 77.9 cm³/mol. The van der Waals surface area contributed by atoms with Crippen LogP contribution >= 0.6 is 11.6 Å². The molecule has 0 atom stereocenters. The van der Waals surface area contributed by atoms with Crippen molar-refractivity contribution in [3.05, 3.63) is 34.6 Å². The predicted octanol–water partition coefficient (Wildman–Crippen LogP) is 2.21. The molecule has 1 rings (SSSR count). The molecule has 0 aliphatic heterocycles. The Bertz CT molecular complexity index is 480. The van der Waals surface area contributed by atoms with Gasteiger partial charge in [-0.05, 0) is 31.0 Å². The zero-order valence-electron chi connectivity index (χ0n) is 10.8. The second-order valence-electron chi connectivity index (χ2n) is 3.80. The molecule has 2 N–H and O–H groups in total. The van der Waals surface area contributed by atoms with Crippen molar-refractivity contribution in [2.75, 3.05) is 19.6 Å². The number of hydrogen-bond acceptors (Lipinski definition) is 1. The summed E-state index contributed by atoms with van der Waals surface area (Å²) in [4.78, 5) is 4.36. The summed E-state index contributed by atoms with van der Waals surface area (Å²) in [5, 5.41) is 6.50. The number of nitrogens with zero attached hydrogens (tertiary/aromatic N) is 1. The highest BCUT2D eigenvalue weighted by atomic mass is 35.5. The van der Waals surface area contributed by atoms with Gasteiger partial charge in [-0.25, -0.2) is 4.39 Å². The molecule has 1 aromatic carbocycles. The highest BCUT2D eigenvalue weighted by molar-refractivity contribution is 6.31. The first kappa shape index (κ1) is 15.3. The molecule has 0 fully saturated rings. The third-order valence-corrected chi connectivity index (χ3v) is 2.72. The van der Waals surface area contributed by atoms with Gasteiger partial charge in [0, 0.05) is 18.1 Å². The summed E-state index contributed by atoms with van der Waals surface area (Å²) >= 11 is 5.94. The van der Waals surface area contributed by atoms with Gasteiger partial charge in [-0.2, -0.15) is 0 Å². The zero-order valence-corrected chi connectivity index (χ0v) is 11.6. The summed E-state index contributed by atoms with van der Waals surface area (Å²) in [6.07, 6.45) is 5.82. The summed E-state index contributed by atoms with van der Waals surface area (Å²) in [6, 6.07) is 4.38. The average Bonchev–Trinajstić information content (AvgIpc) is 2.38. The number of hydrogen-bond donors (Lipinski definition) is 2. The lowest BCUT2D eigenvalue weighted by Gasteiger charge is -2.09. The first-order chi connectivity index (χ1) is 9.17. The van der Waals surface area contributed by atoms with Crippen molar-refractivity contribution in [1.82, 2.24) is 10.6 Å². The smallest absolute Gasteiger partial charge is 0.192 e. The van der Waals surface area contributed by atoms with Crippen molar-refractivity contribution in [2.24, 2.45) is 4.99 Å². The molecular formula is C14H17ClFN3. The van der Waals surface area contributed by atoms with Crippen LogP contribution in [0.15, 0.2) is 23.2 Å². The Kier molecular flexibility index (Phi) is 6.76. The molecule has 0 aliphatic carbocycles. The number of aliphatic imine (C=N–C) groups is 1. The molecule has 5 heteroatoms. The lowest BCUT2D eigenvalue weighted by atomic mass is 10.1. The van der Waals surface area contributed by atoms with Gasteiger partial charge in [0.05, 0.1) is 6.54 Å². The third kappa shape index (κ3) is 5.62. The van der Waals surface area contributed by atoms with Gasteiger partial charge in [0.25, 0.3) is 0 Å². The van der Waals surface area contributed by atoms with E-state index < -0.39 is 0 Å². The van der Waals surface area contributed by atoms with E-state index in [1.54, 1.807) is 6.07 Å². The maximum absolute atomic E-state index is 12.9. The largest absolute Gasteiger partial charge is 0.357 e. The summed E-state index contributed by atoms with van der Waals surface area (Å²) in [6.45, 7) is 3.70. The Hall–Kier alpha value is -1.73. The second-order valence-corrected chi connectivity index (χ2v) is 4.21. The summed E-state index contributed by atoms with van der Waals surface area (Å²) < 4.78 is 12.9. The van der Waals surface area contributed by atoms with E-state index in [1.807, 2.05) is 6.92 Å². The van der Waals surface area contributed by atoms with E-state index >= 15 is 0 Å². The van der Waals surface area contributed by atoms with Crippen LogP contribution in [0.5, 0.6) is 0 Å². The molecule has 0 aliphatic rings. The Balaban J connectivity index is 2.56. The zero-order chi connectivity index (χ0) is 14.1. The molecule has 0 aromatic heterocycles. The molecule has 0 radical (unpaired) electrons. The van der Waals surface area contributed by atoms with E-state index in [2.05, 4.69) is 21.5 Å². The second kappa shape index (κ2) is 8.39. The fraction of sp³-hybridized carbons (Fsp3) is 0.357. The standard InChI is InChI=1S/C14H17ClFN3/c1-3-8-18-14(17-4-2)19-9-7-11-5-6-12(16)10-13(11)15/h1,5-6,10H,4,7-9H2,2H3,(H2,17,18,19).